The zero-order valence-corrected chi connectivity index (χ0v) is 15.3. The second kappa shape index (κ2) is 7.78. The predicted molar refractivity (Wildman–Crippen MR) is 97.7 cm³/mol. The van der Waals surface area contributed by atoms with E-state index in [4.69, 9.17) is 4.74 Å². The number of hydrogen-bond acceptors (Lipinski definition) is 5. The molecule has 5 nitrogen and oxygen atoms in total. The Morgan fingerprint density at radius 2 is 2.08 bits per heavy atom. The maximum atomic E-state index is 12.0. The summed E-state index contributed by atoms with van der Waals surface area (Å²) in [5.41, 5.74) is 2.89. The van der Waals surface area contributed by atoms with Gasteiger partial charge in [-0.1, -0.05) is 38.1 Å². The van der Waals surface area contributed by atoms with Gasteiger partial charge in [0.15, 0.2) is 5.13 Å². The maximum Gasteiger partial charge on any atom is 0.312 e. The van der Waals surface area contributed by atoms with Gasteiger partial charge in [-0.05, 0) is 23.5 Å². The Kier molecular flexibility index (Phi) is 5.48. The Bertz CT molecular complexity index is 752. The summed E-state index contributed by atoms with van der Waals surface area (Å²) in [7, 11) is 0. The lowest BCUT2D eigenvalue weighted by Gasteiger charge is -2.10. The molecule has 1 aromatic heterocycles. The molecule has 25 heavy (non-hydrogen) atoms. The van der Waals surface area contributed by atoms with Gasteiger partial charge < -0.3 is 4.74 Å². The normalized spacial score (nSPS) is 14.4. The van der Waals surface area contributed by atoms with E-state index in [1.54, 1.807) is 4.90 Å². The predicted octanol–water partition coefficient (Wildman–Crippen LogP) is 3.68. The van der Waals surface area contributed by atoms with Crippen molar-refractivity contribution >= 4 is 28.3 Å². The molecule has 0 radical (unpaired) electrons. The third kappa shape index (κ3) is 4.45. The summed E-state index contributed by atoms with van der Waals surface area (Å²) < 4.78 is 5.33. The van der Waals surface area contributed by atoms with Crippen LogP contribution in [0, 0.1) is 0 Å². The molecule has 1 aromatic carbocycles. The molecule has 1 aliphatic rings. The summed E-state index contributed by atoms with van der Waals surface area (Å²) in [6.07, 6.45) is 1.57. The Balaban J connectivity index is 1.51. The number of rotatable bonds is 6. The summed E-state index contributed by atoms with van der Waals surface area (Å²) in [6.45, 7) is 5.27. The van der Waals surface area contributed by atoms with Gasteiger partial charge in [0.05, 0.1) is 12.1 Å². The molecule has 1 fully saturated rings. The van der Waals surface area contributed by atoms with Crippen molar-refractivity contribution in [3.05, 3.63) is 46.5 Å². The molecule has 0 bridgehead atoms. The first-order valence-corrected chi connectivity index (χ1v) is 9.40. The number of aromatic nitrogens is 1. The van der Waals surface area contributed by atoms with E-state index in [-0.39, 0.29) is 24.9 Å². The first-order chi connectivity index (χ1) is 12.0. The number of hydrogen-bond donors (Lipinski definition) is 0. The lowest BCUT2D eigenvalue weighted by molar-refractivity contribution is -0.144. The number of thiazole rings is 1. The van der Waals surface area contributed by atoms with Crippen LogP contribution in [-0.4, -0.2) is 23.4 Å². The van der Waals surface area contributed by atoms with Crippen molar-refractivity contribution in [2.75, 3.05) is 11.4 Å². The zero-order chi connectivity index (χ0) is 17.8. The van der Waals surface area contributed by atoms with Gasteiger partial charge in [-0.25, -0.2) is 4.98 Å². The van der Waals surface area contributed by atoms with Crippen LogP contribution in [0.25, 0.3) is 0 Å². The molecule has 0 unspecified atom stereocenters. The molecule has 0 aliphatic carbocycles. The number of carbonyl (C=O) groups excluding carboxylic acids is 2. The fourth-order valence-corrected chi connectivity index (χ4v) is 3.58. The topological polar surface area (TPSA) is 59.5 Å². The zero-order valence-electron chi connectivity index (χ0n) is 14.5. The lowest BCUT2D eigenvalue weighted by atomic mass is 10.0. The fourth-order valence-electron chi connectivity index (χ4n) is 2.71. The van der Waals surface area contributed by atoms with E-state index in [0.717, 1.165) is 12.0 Å². The van der Waals surface area contributed by atoms with Crippen molar-refractivity contribution in [2.24, 2.45) is 0 Å². The largest absolute Gasteiger partial charge is 0.461 e. The summed E-state index contributed by atoms with van der Waals surface area (Å²) in [4.78, 5) is 29.8. The smallest absolute Gasteiger partial charge is 0.312 e. The van der Waals surface area contributed by atoms with Gasteiger partial charge in [0.2, 0.25) is 5.91 Å². The minimum atomic E-state index is -0.308. The molecule has 0 atom stereocenters. The van der Waals surface area contributed by atoms with Gasteiger partial charge >= 0.3 is 5.97 Å². The molecule has 1 saturated heterocycles. The molecule has 1 aliphatic heterocycles. The molecule has 3 rings (SSSR count). The van der Waals surface area contributed by atoms with Crippen LogP contribution in [-0.2, 0) is 27.4 Å². The molecule has 0 saturated carbocycles. The van der Waals surface area contributed by atoms with Crippen LogP contribution in [0.4, 0.5) is 5.13 Å². The highest BCUT2D eigenvalue weighted by Gasteiger charge is 2.24. The summed E-state index contributed by atoms with van der Waals surface area (Å²) in [6, 6.07) is 8.10. The molecule has 0 spiro atoms. The van der Waals surface area contributed by atoms with Crippen LogP contribution in [0.2, 0.25) is 0 Å². The summed E-state index contributed by atoms with van der Waals surface area (Å²) >= 11 is 1.40. The number of esters is 1. The van der Waals surface area contributed by atoms with E-state index in [1.165, 1.54) is 16.9 Å². The van der Waals surface area contributed by atoms with Crippen LogP contribution in [0.5, 0.6) is 0 Å². The molecule has 6 heteroatoms. The molecule has 0 N–H and O–H groups in total. The molecular formula is C19H22N2O3S. The SMILES string of the molecule is CC(C)c1ccc(COC(=O)Cc2csc(N3CCCC3=O)n2)cc1. The first-order valence-electron chi connectivity index (χ1n) is 8.52. The van der Waals surface area contributed by atoms with E-state index in [0.29, 0.717) is 29.7 Å². The van der Waals surface area contributed by atoms with Gasteiger partial charge in [-0.2, -0.15) is 0 Å². The van der Waals surface area contributed by atoms with E-state index in [9.17, 15) is 9.59 Å². The number of anilines is 1. The molecule has 132 valence electrons. The van der Waals surface area contributed by atoms with Crippen LogP contribution in [0.1, 0.15) is 49.4 Å². The van der Waals surface area contributed by atoms with Crippen LogP contribution >= 0.6 is 11.3 Å². The van der Waals surface area contributed by atoms with Crippen LogP contribution in [0.3, 0.4) is 0 Å². The van der Waals surface area contributed by atoms with Crippen molar-refractivity contribution in [3.8, 4) is 0 Å². The average molecular weight is 358 g/mol. The second-order valence-corrected chi connectivity index (χ2v) is 7.34. The minimum Gasteiger partial charge on any atom is -0.461 e. The van der Waals surface area contributed by atoms with Crippen LogP contribution < -0.4 is 4.90 Å². The third-order valence-electron chi connectivity index (χ3n) is 4.22. The Morgan fingerprint density at radius 3 is 2.72 bits per heavy atom. The maximum absolute atomic E-state index is 12.0. The van der Waals surface area contributed by atoms with Crippen molar-refractivity contribution in [1.82, 2.24) is 4.98 Å². The van der Waals surface area contributed by atoms with Crippen LogP contribution in [0.15, 0.2) is 29.6 Å². The Morgan fingerprint density at radius 1 is 1.32 bits per heavy atom. The lowest BCUT2D eigenvalue weighted by Crippen LogP contribution is -2.23. The number of benzene rings is 1. The number of nitrogens with zero attached hydrogens (tertiary/aromatic N) is 2. The summed E-state index contributed by atoms with van der Waals surface area (Å²) in [5.74, 6) is 0.281. The third-order valence-corrected chi connectivity index (χ3v) is 5.13. The van der Waals surface area contributed by atoms with Crippen molar-refractivity contribution in [3.63, 3.8) is 0 Å². The average Bonchev–Trinajstić information content (AvgIpc) is 3.22. The van der Waals surface area contributed by atoms with Crippen molar-refractivity contribution < 1.29 is 14.3 Å². The monoisotopic (exact) mass is 358 g/mol. The fraction of sp³-hybridized carbons (Fsp3) is 0.421. The van der Waals surface area contributed by atoms with E-state index in [1.807, 2.05) is 17.5 Å². The highest BCUT2D eigenvalue weighted by molar-refractivity contribution is 7.14. The molecule has 2 aromatic rings. The van der Waals surface area contributed by atoms with E-state index in [2.05, 4.69) is 31.0 Å². The molecule has 2 heterocycles. The first kappa shape index (κ1) is 17.6. The van der Waals surface area contributed by atoms with E-state index >= 15 is 0 Å². The van der Waals surface area contributed by atoms with Gasteiger partial charge in [-0.3, -0.25) is 14.5 Å². The van der Waals surface area contributed by atoms with Crippen molar-refractivity contribution in [1.29, 1.82) is 0 Å². The number of carbonyl (C=O) groups is 2. The van der Waals surface area contributed by atoms with Crippen molar-refractivity contribution in [2.45, 2.75) is 45.6 Å². The molecular weight excluding hydrogens is 336 g/mol. The number of amides is 1. The quantitative estimate of drug-likeness (QED) is 0.739. The Labute approximate surface area is 151 Å². The van der Waals surface area contributed by atoms with Gasteiger partial charge in [-0.15, -0.1) is 11.3 Å². The highest BCUT2D eigenvalue weighted by Crippen LogP contribution is 2.25. The summed E-state index contributed by atoms with van der Waals surface area (Å²) in [5, 5.41) is 2.49. The van der Waals surface area contributed by atoms with Gasteiger partial charge in [0.1, 0.15) is 6.61 Å². The Hall–Kier alpha value is -2.21. The van der Waals surface area contributed by atoms with E-state index < -0.39 is 0 Å². The minimum absolute atomic E-state index is 0.105. The second-order valence-electron chi connectivity index (χ2n) is 6.50. The standard InChI is InChI=1S/C19H22N2O3S/c1-13(2)15-7-5-14(6-8-15)11-24-18(23)10-16-12-25-19(20-16)21-9-3-4-17(21)22/h5-8,12-13H,3-4,9-11H2,1-2H3. The van der Waals surface area contributed by atoms with Gasteiger partial charge in [0.25, 0.3) is 0 Å². The highest BCUT2D eigenvalue weighted by atomic mass is 32.1. The van der Waals surface area contributed by atoms with Gasteiger partial charge in [0, 0.05) is 18.3 Å². The molecule has 1 amide bonds. The number of ether oxygens (including phenoxy) is 1.